The first-order valence-corrected chi connectivity index (χ1v) is 7.96. The van der Waals surface area contributed by atoms with E-state index in [1.165, 1.54) is 5.56 Å². The molecule has 3 aromatic rings. The molecule has 0 radical (unpaired) electrons. The third-order valence-corrected chi connectivity index (χ3v) is 4.00. The van der Waals surface area contributed by atoms with Gasteiger partial charge in [0.25, 0.3) is 0 Å². The number of imidazole rings is 1. The van der Waals surface area contributed by atoms with Gasteiger partial charge in [-0.15, -0.1) is 0 Å². The van der Waals surface area contributed by atoms with Crippen molar-refractivity contribution in [2.45, 2.75) is 19.8 Å². The SMILES string of the molecule is CC(Cc1ccccc1)C(=O)NCCc1ncc2ccccn12. The number of benzene rings is 1. The first-order valence-electron chi connectivity index (χ1n) is 7.96. The normalized spacial score (nSPS) is 12.2. The largest absolute Gasteiger partial charge is 0.355 e. The van der Waals surface area contributed by atoms with Gasteiger partial charge in [-0.1, -0.05) is 43.3 Å². The molecule has 2 heterocycles. The molecule has 0 aliphatic carbocycles. The highest BCUT2D eigenvalue weighted by molar-refractivity contribution is 5.78. The summed E-state index contributed by atoms with van der Waals surface area (Å²) in [6, 6.07) is 16.1. The summed E-state index contributed by atoms with van der Waals surface area (Å²) in [4.78, 5) is 16.6. The molecule has 0 bridgehead atoms. The van der Waals surface area contributed by atoms with E-state index in [9.17, 15) is 4.79 Å². The molecular weight excluding hydrogens is 286 g/mol. The minimum Gasteiger partial charge on any atom is -0.355 e. The minimum atomic E-state index is -0.0329. The molecule has 3 rings (SSSR count). The van der Waals surface area contributed by atoms with E-state index < -0.39 is 0 Å². The highest BCUT2D eigenvalue weighted by atomic mass is 16.1. The van der Waals surface area contributed by atoms with Crippen molar-refractivity contribution < 1.29 is 4.79 Å². The van der Waals surface area contributed by atoms with Crippen molar-refractivity contribution in [1.29, 1.82) is 0 Å². The van der Waals surface area contributed by atoms with E-state index in [-0.39, 0.29) is 11.8 Å². The highest BCUT2D eigenvalue weighted by Gasteiger charge is 2.13. The number of nitrogens with zero attached hydrogens (tertiary/aromatic N) is 2. The predicted molar refractivity (Wildman–Crippen MR) is 91.2 cm³/mol. The zero-order valence-corrected chi connectivity index (χ0v) is 13.3. The van der Waals surface area contributed by atoms with E-state index in [0.717, 1.165) is 24.2 Å². The number of hydrogen-bond donors (Lipinski definition) is 1. The van der Waals surface area contributed by atoms with E-state index in [2.05, 4.69) is 26.8 Å². The van der Waals surface area contributed by atoms with E-state index in [0.29, 0.717) is 6.54 Å². The van der Waals surface area contributed by atoms with Gasteiger partial charge in [0.15, 0.2) is 0 Å². The lowest BCUT2D eigenvalue weighted by atomic mass is 10.0. The Morgan fingerprint density at radius 1 is 1.17 bits per heavy atom. The molecule has 1 N–H and O–H groups in total. The fraction of sp³-hybridized carbons (Fsp3) is 0.263. The van der Waals surface area contributed by atoms with Crippen molar-refractivity contribution in [2.75, 3.05) is 6.54 Å². The molecule has 4 nitrogen and oxygen atoms in total. The number of pyridine rings is 1. The van der Waals surface area contributed by atoms with Gasteiger partial charge in [0.1, 0.15) is 5.82 Å². The second-order valence-electron chi connectivity index (χ2n) is 5.80. The summed E-state index contributed by atoms with van der Waals surface area (Å²) < 4.78 is 2.06. The third-order valence-electron chi connectivity index (χ3n) is 4.00. The molecule has 1 aromatic carbocycles. The van der Waals surface area contributed by atoms with Gasteiger partial charge in [0.05, 0.1) is 11.7 Å². The first-order chi connectivity index (χ1) is 11.2. The van der Waals surface area contributed by atoms with Crippen LogP contribution in [-0.4, -0.2) is 21.8 Å². The van der Waals surface area contributed by atoms with Crippen LogP contribution in [0.5, 0.6) is 0 Å². The number of aromatic nitrogens is 2. The summed E-state index contributed by atoms with van der Waals surface area (Å²) in [5.74, 6) is 1.03. The second-order valence-corrected chi connectivity index (χ2v) is 5.80. The van der Waals surface area contributed by atoms with Gasteiger partial charge >= 0.3 is 0 Å². The maximum absolute atomic E-state index is 12.2. The number of hydrogen-bond acceptors (Lipinski definition) is 2. The molecule has 1 atom stereocenters. The van der Waals surface area contributed by atoms with E-state index >= 15 is 0 Å². The Hall–Kier alpha value is -2.62. The van der Waals surface area contributed by atoms with Gasteiger partial charge in [-0.3, -0.25) is 4.79 Å². The number of fused-ring (bicyclic) bond motifs is 1. The number of rotatable bonds is 6. The van der Waals surface area contributed by atoms with Crippen molar-refractivity contribution in [1.82, 2.24) is 14.7 Å². The van der Waals surface area contributed by atoms with Gasteiger partial charge < -0.3 is 9.72 Å². The second kappa shape index (κ2) is 7.09. The van der Waals surface area contributed by atoms with E-state index in [4.69, 9.17) is 0 Å². The van der Waals surface area contributed by atoms with Crippen LogP contribution in [0, 0.1) is 5.92 Å². The van der Waals surface area contributed by atoms with Crippen LogP contribution in [0.4, 0.5) is 0 Å². The van der Waals surface area contributed by atoms with Crippen LogP contribution in [0.1, 0.15) is 18.3 Å². The van der Waals surface area contributed by atoms with Crippen molar-refractivity contribution in [3.05, 3.63) is 72.3 Å². The molecule has 0 saturated carbocycles. The van der Waals surface area contributed by atoms with Crippen LogP contribution in [0.25, 0.3) is 5.52 Å². The molecule has 0 saturated heterocycles. The first kappa shape index (κ1) is 15.3. The van der Waals surface area contributed by atoms with Crippen LogP contribution in [-0.2, 0) is 17.6 Å². The Morgan fingerprint density at radius 3 is 2.78 bits per heavy atom. The lowest BCUT2D eigenvalue weighted by molar-refractivity contribution is -0.124. The Labute approximate surface area is 136 Å². The maximum atomic E-state index is 12.2. The predicted octanol–water partition coefficient (Wildman–Crippen LogP) is 2.87. The lowest BCUT2D eigenvalue weighted by Crippen LogP contribution is -2.32. The Morgan fingerprint density at radius 2 is 1.96 bits per heavy atom. The summed E-state index contributed by atoms with van der Waals surface area (Å²) in [7, 11) is 0. The van der Waals surface area contributed by atoms with E-state index in [1.807, 2.05) is 55.7 Å². The fourth-order valence-corrected chi connectivity index (χ4v) is 2.72. The molecule has 0 spiro atoms. The topological polar surface area (TPSA) is 46.4 Å². The van der Waals surface area contributed by atoms with Gasteiger partial charge in [0, 0.05) is 25.1 Å². The monoisotopic (exact) mass is 307 g/mol. The fourth-order valence-electron chi connectivity index (χ4n) is 2.72. The van der Waals surface area contributed by atoms with Gasteiger partial charge in [0.2, 0.25) is 5.91 Å². The Bertz CT molecular complexity index is 779. The van der Waals surface area contributed by atoms with Crippen LogP contribution >= 0.6 is 0 Å². The van der Waals surface area contributed by atoms with Gasteiger partial charge in [-0.25, -0.2) is 4.98 Å². The molecule has 2 aromatic heterocycles. The van der Waals surface area contributed by atoms with Gasteiger partial charge in [-0.2, -0.15) is 0 Å². The van der Waals surface area contributed by atoms with Crippen molar-refractivity contribution in [3.8, 4) is 0 Å². The molecule has 118 valence electrons. The van der Waals surface area contributed by atoms with Crippen molar-refractivity contribution in [2.24, 2.45) is 5.92 Å². The highest BCUT2D eigenvalue weighted by Crippen LogP contribution is 2.09. The Balaban J connectivity index is 1.51. The summed E-state index contributed by atoms with van der Waals surface area (Å²) in [6.07, 6.45) is 5.34. The van der Waals surface area contributed by atoms with Crippen LogP contribution in [0.15, 0.2) is 60.9 Å². The number of carbonyl (C=O) groups is 1. The molecular formula is C19H21N3O. The summed E-state index contributed by atoms with van der Waals surface area (Å²) in [6.45, 7) is 2.57. The average molecular weight is 307 g/mol. The summed E-state index contributed by atoms with van der Waals surface area (Å²) in [5.41, 5.74) is 2.26. The van der Waals surface area contributed by atoms with Crippen LogP contribution < -0.4 is 5.32 Å². The molecule has 0 aliphatic heterocycles. The van der Waals surface area contributed by atoms with E-state index in [1.54, 1.807) is 0 Å². The Kier molecular flexibility index (Phi) is 4.71. The number of amides is 1. The van der Waals surface area contributed by atoms with Crippen molar-refractivity contribution in [3.63, 3.8) is 0 Å². The zero-order chi connectivity index (χ0) is 16.1. The third kappa shape index (κ3) is 3.77. The molecule has 4 heteroatoms. The zero-order valence-electron chi connectivity index (χ0n) is 13.3. The van der Waals surface area contributed by atoms with Gasteiger partial charge in [-0.05, 0) is 24.1 Å². The minimum absolute atomic E-state index is 0.0329. The summed E-state index contributed by atoms with van der Waals surface area (Å²) in [5, 5.41) is 3.01. The average Bonchev–Trinajstić information content (AvgIpc) is 2.99. The quantitative estimate of drug-likeness (QED) is 0.761. The molecule has 23 heavy (non-hydrogen) atoms. The molecule has 1 unspecified atom stereocenters. The summed E-state index contributed by atoms with van der Waals surface area (Å²) >= 11 is 0. The smallest absolute Gasteiger partial charge is 0.223 e. The number of nitrogens with one attached hydrogen (secondary N) is 1. The molecule has 0 aliphatic rings. The molecule has 1 amide bonds. The maximum Gasteiger partial charge on any atom is 0.223 e. The van der Waals surface area contributed by atoms with Crippen LogP contribution in [0.2, 0.25) is 0 Å². The number of carbonyl (C=O) groups excluding carboxylic acids is 1. The lowest BCUT2D eigenvalue weighted by Gasteiger charge is -2.12. The molecule has 0 fully saturated rings. The van der Waals surface area contributed by atoms with Crippen LogP contribution in [0.3, 0.4) is 0 Å². The van der Waals surface area contributed by atoms with Crippen molar-refractivity contribution >= 4 is 11.4 Å². The standard InChI is InChI=1S/C19H21N3O/c1-15(13-16-7-3-2-4-8-16)19(23)20-11-10-18-21-14-17-9-5-6-12-22(17)18/h2-9,12,14-15H,10-11,13H2,1H3,(H,20,23).